The number of hydrogen-bond acceptors (Lipinski definition) is 5. The Morgan fingerprint density at radius 3 is 2.15 bits per heavy atom. The second kappa shape index (κ2) is 8.38. The number of carbonyl (C=O) groups is 1. The van der Waals surface area contributed by atoms with Crippen LogP contribution in [0.4, 0.5) is 36.4 Å². The number of rotatable bonds is 4. The molecule has 0 fully saturated rings. The Morgan fingerprint density at radius 2 is 1.64 bits per heavy atom. The molecule has 0 radical (unpaired) electrons. The van der Waals surface area contributed by atoms with Crippen molar-refractivity contribution in [3.05, 3.63) is 70.6 Å². The first-order chi connectivity index (χ1) is 15.4. The summed E-state index contributed by atoms with van der Waals surface area (Å²) in [5.41, 5.74) is 2.21. The number of nitriles is 1. The Morgan fingerprint density at radius 1 is 1.03 bits per heavy atom. The maximum Gasteiger partial charge on any atom is 0.416 e. The van der Waals surface area contributed by atoms with E-state index in [1.54, 1.807) is 6.07 Å². The first-order valence-corrected chi connectivity index (χ1v) is 8.61. The lowest BCUT2D eigenvalue weighted by molar-refractivity contribution is -0.138. The van der Waals surface area contributed by atoms with Crippen LogP contribution in [0.3, 0.4) is 0 Å². The Balaban J connectivity index is 2.16. The molecule has 0 aliphatic heterocycles. The summed E-state index contributed by atoms with van der Waals surface area (Å²) in [6.45, 7) is 0. The predicted octanol–water partition coefficient (Wildman–Crippen LogP) is 5.09. The van der Waals surface area contributed by atoms with Crippen LogP contribution < -0.4 is 10.5 Å². The van der Waals surface area contributed by atoms with Crippen LogP contribution in [-0.4, -0.2) is 17.6 Å². The van der Waals surface area contributed by atoms with Crippen molar-refractivity contribution in [3.8, 4) is 23.3 Å². The molecule has 2 N–H and O–H groups in total. The van der Waals surface area contributed by atoms with E-state index in [2.05, 4.69) is 4.74 Å². The Kier molecular flexibility index (Phi) is 5.95. The summed E-state index contributed by atoms with van der Waals surface area (Å²) in [5.74, 6) is -9.89. The molecule has 33 heavy (non-hydrogen) atoms. The molecule has 0 amide bonds. The molecule has 2 aromatic carbocycles. The van der Waals surface area contributed by atoms with Gasteiger partial charge in [-0.3, -0.25) is 0 Å². The maximum atomic E-state index is 14.5. The molecule has 0 unspecified atom stereocenters. The second-order valence-electron chi connectivity index (χ2n) is 6.38. The SMILES string of the molecule is COC(=O)c1c(N)c(C#N)cn1-c1cc(Oc2c(F)cc(C(F)(F)F)cc2F)c(F)cc1F. The van der Waals surface area contributed by atoms with Crippen molar-refractivity contribution in [3.63, 3.8) is 0 Å². The number of nitrogens with zero attached hydrogens (tertiary/aromatic N) is 2. The van der Waals surface area contributed by atoms with Gasteiger partial charge in [0.1, 0.15) is 11.9 Å². The normalized spacial score (nSPS) is 11.2. The van der Waals surface area contributed by atoms with Gasteiger partial charge in [0, 0.05) is 18.3 Å². The molecule has 0 bridgehead atoms. The monoisotopic (exact) mass is 473 g/mol. The Labute approximate surface area is 180 Å². The van der Waals surface area contributed by atoms with Crippen molar-refractivity contribution in [2.75, 3.05) is 12.8 Å². The van der Waals surface area contributed by atoms with Gasteiger partial charge in [0.05, 0.1) is 29.6 Å². The van der Waals surface area contributed by atoms with E-state index in [0.29, 0.717) is 6.07 Å². The molecule has 13 heteroatoms. The van der Waals surface area contributed by atoms with Crippen LogP contribution in [-0.2, 0) is 10.9 Å². The highest BCUT2D eigenvalue weighted by atomic mass is 19.4. The van der Waals surface area contributed by atoms with Crippen LogP contribution in [0, 0.1) is 34.6 Å². The highest BCUT2D eigenvalue weighted by Gasteiger charge is 2.33. The summed E-state index contributed by atoms with van der Waals surface area (Å²) in [5, 5.41) is 9.12. The number of methoxy groups -OCH3 is 1. The van der Waals surface area contributed by atoms with Crippen LogP contribution in [0.25, 0.3) is 5.69 Å². The Hall–Kier alpha value is -4.21. The van der Waals surface area contributed by atoms with Crippen molar-refractivity contribution in [2.24, 2.45) is 0 Å². The summed E-state index contributed by atoms with van der Waals surface area (Å²) in [4.78, 5) is 12.1. The number of alkyl halides is 3. The van der Waals surface area contributed by atoms with Gasteiger partial charge >= 0.3 is 12.1 Å². The fourth-order valence-electron chi connectivity index (χ4n) is 2.82. The van der Waals surface area contributed by atoms with Crippen LogP contribution in [0.5, 0.6) is 11.5 Å². The van der Waals surface area contributed by atoms with Gasteiger partial charge in [-0.1, -0.05) is 0 Å². The average Bonchev–Trinajstić information content (AvgIpc) is 3.06. The van der Waals surface area contributed by atoms with Crippen molar-refractivity contribution >= 4 is 11.7 Å². The van der Waals surface area contributed by atoms with E-state index in [-0.39, 0.29) is 23.8 Å². The van der Waals surface area contributed by atoms with Crippen LogP contribution in [0.15, 0.2) is 30.5 Å². The zero-order valence-electron chi connectivity index (χ0n) is 16.2. The van der Waals surface area contributed by atoms with E-state index in [1.807, 2.05) is 0 Å². The molecule has 172 valence electrons. The zero-order chi connectivity index (χ0) is 24.7. The number of aromatic nitrogens is 1. The van der Waals surface area contributed by atoms with Gasteiger partial charge < -0.3 is 19.8 Å². The number of benzene rings is 2. The molecule has 0 aliphatic carbocycles. The molecular weight excluding hydrogens is 463 g/mol. The number of hydrogen-bond donors (Lipinski definition) is 1. The number of carbonyl (C=O) groups excluding carboxylic acids is 1. The average molecular weight is 473 g/mol. The molecular formula is C20H10F7N3O3. The smallest absolute Gasteiger partial charge is 0.416 e. The van der Waals surface area contributed by atoms with Crippen LogP contribution in [0.2, 0.25) is 0 Å². The van der Waals surface area contributed by atoms with Crippen molar-refractivity contribution in [1.82, 2.24) is 4.57 Å². The number of esters is 1. The lowest BCUT2D eigenvalue weighted by Crippen LogP contribution is -2.12. The summed E-state index contributed by atoms with van der Waals surface area (Å²) in [6, 6.07) is 2.31. The largest absolute Gasteiger partial charge is 0.464 e. The summed E-state index contributed by atoms with van der Waals surface area (Å²) >= 11 is 0. The quantitative estimate of drug-likeness (QED) is 0.422. The Bertz CT molecular complexity index is 1290. The van der Waals surface area contributed by atoms with Gasteiger partial charge in [0.15, 0.2) is 34.6 Å². The van der Waals surface area contributed by atoms with Gasteiger partial charge in [0.25, 0.3) is 0 Å². The highest BCUT2D eigenvalue weighted by molar-refractivity contribution is 5.96. The standard InChI is InChI=1S/C20H10F7N3O3/c1-32-19(31)17-16(29)8(6-28)7-30(17)14-5-15(11(22)4-10(14)21)33-18-12(23)2-9(3-13(18)24)20(25,26)27/h2-5,7H,29H2,1H3. The van der Waals surface area contributed by atoms with Gasteiger partial charge in [-0.2, -0.15) is 18.4 Å². The number of nitrogens with two attached hydrogens (primary N) is 1. The molecule has 1 aromatic heterocycles. The topological polar surface area (TPSA) is 90.3 Å². The van der Waals surface area contributed by atoms with Gasteiger partial charge in [0.2, 0.25) is 0 Å². The minimum Gasteiger partial charge on any atom is -0.464 e. The van der Waals surface area contributed by atoms with E-state index in [4.69, 9.17) is 15.7 Å². The van der Waals surface area contributed by atoms with E-state index < -0.39 is 69.5 Å². The summed E-state index contributed by atoms with van der Waals surface area (Å²) in [6.07, 6.45) is -4.15. The van der Waals surface area contributed by atoms with E-state index in [1.165, 1.54) is 0 Å². The minimum atomic E-state index is -5.06. The number of nitrogen functional groups attached to an aromatic ring is 1. The fourth-order valence-corrected chi connectivity index (χ4v) is 2.82. The molecule has 0 saturated carbocycles. The molecule has 0 spiro atoms. The van der Waals surface area contributed by atoms with Gasteiger partial charge in [-0.05, 0) is 12.1 Å². The summed E-state index contributed by atoms with van der Waals surface area (Å²) in [7, 11) is 0.969. The predicted molar refractivity (Wildman–Crippen MR) is 97.6 cm³/mol. The molecule has 0 aliphatic rings. The van der Waals surface area contributed by atoms with Crippen molar-refractivity contribution in [1.29, 1.82) is 5.26 Å². The first-order valence-electron chi connectivity index (χ1n) is 8.61. The van der Waals surface area contributed by atoms with Gasteiger partial charge in [-0.25, -0.2) is 22.4 Å². The number of ether oxygens (including phenoxy) is 2. The maximum absolute atomic E-state index is 14.5. The van der Waals surface area contributed by atoms with E-state index >= 15 is 0 Å². The molecule has 0 saturated heterocycles. The molecule has 1 heterocycles. The zero-order valence-corrected chi connectivity index (χ0v) is 16.2. The lowest BCUT2D eigenvalue weighted by Gasteiger charge is -2.14. The van der Waals surface area contributed by atoms with Crippen molar-refractivity contribution < 1.29 is 45.0 Å². The summed E-state index contributed by atoms with van der Waals surface area (Å²) < 4.78 is 105. The van der Waals surface area contributed by atoms with Gasteiger partial charge in [-0.15, -0.1) is 0 Å². The second-order valence-corrected chi connectivity index (χ2v) is 6.38. The number of anilines is 1. The fraction of sp³-hybridized carbons (Fsp3) is 0.100. The third-order valence-electron chi connectivity index (χ3n) is 4.34. The molecule has 3 rings (SSSR count). The molecule has 0 atom stereocenters. The van der Waals surface area contributed by atoms with E-state index in [0.717, 1.165) is 17.9 Å². The van der Waals surface area contributed by atoms with E-state index in [9.17, 15) is 35.5 Å². The van der Waals surface area contributed by atoms with Crippen LogP contribution in [0.1, 0.15) is 21.6 Å². The molecule has 3 aromatic rings. The first kappa shape index (κ1) is 23.5. The third-order valence-corrected chi connectivity index (χ3v) is 4.34. The van der Waals surface area contributed by atoms with Crippen LogP contribution >= 0.6 is 0 Å². The van der Waals surface area contributed by atoms with Crippen molar-refractivity contribution in [2.45, 2.75) is 6.18 Å². The molecule has 6 nitrogen and oxygen atoms in total. The lowest BCUT2D eigenvalue weighted by atomic mass is 10.2. The highest BCUT2D eigenvalue weighted by Crippen LogP contribution is 2.37. The third kappa shape index (κ3) is 4.27. The number of halogens is 7. The minimum absolute atomic E-state index is 0.0675.